The largest absolute Gasteiger partial charge is 0.495 e. The number of nitrogens with two attached hydrogens (primary N) is 1. The monoisotopic (exact) mass is 320 g/mol. The molecule has 0 aliphatic rings. The van der Waals surface area contributed by atoms with Crippen molar-refractivity contribution < 1.29 is 13.2 Å². The highest BCUT2D eigenvalue weighted by Crippen LogP contribution is 2.33. The molecule has 1 rings (SSSR count). The van der Waals surface area contributed by atoms with Gasteiger partial charge in [-0.1, -0.05) is 25.4 Å². The van der Waals surface area contributed by atoms with Gasteiger partial charge in [-0.05, 0) is 18.6 Å². The van der Waals surface area contributed by atoms with Crippen LogP contribution in [0, 0.1) is 0 Å². The Bertz CT molecular complexity index is 561. The minimum absolute atomic E-state index is 0.0725. The number of hydrogen-bond donors (Lipinski definition) is 1. The lowest BCUT2D eigenvalue weighted by atomic mass is 10.2. The molecule has 114 valence electrons. The molecule has 0 fully saturated rings. The number of methoxy groups -OCH3 is 1. The standard InChI is InChI=1S/C13H21ClN2O3S/c1-4-6-16(5-2)20(17,18)12-8-11(14)7-10(9-15)13(12)19-3/h7-8H,4-6,9,15H2,1-3H3. The lowest BCUT2D eigenvalue weighted by molar-refractivity contribution is 0.388. The number of benzene rings is 1. The van der Waals surface area contributed by atoms with Crippen molar-refractivity contribution in [3.05, 3.63) is 22.7 Å². The fourth-order valence-electron chi connectivity index (χ4n) is 2.03. The Morgan fingerprint density at radius 1 is 1.35 bits per heavy atom. The molecule has 20 heavy (non-hydrogen) atoms. The highest BCUT2D eigenvalue weighted by atomic mass is 35.5. The number of sulfonamides is 1. The van der Waals surface area contributed by atoms with Crippen LogP contribution in [0.25, 0.3) is 0 Å². The molecule has 5 nitrogen and oxygen atoms in total. The fraction of sp³-hybridized carbons (Fsp3) is 0.538. The Hall–Kier alpha value is -0.820. The van der Waals surface area contributed by atoms with Gasteiger partial charge in [0.05, 0.1) is 7.11 Å². The van der Waals surface area contributed by atoms with Gasteiger partial charge in [0, 0.05) is 30.2 Å². The van der Waals surface area contributed by atoms with Crippen LogP contribution in [0.1, 0.15) is 25.8 Å². The van der Waals surface area contributed by atoms with Crippen molar-refractivity contribution in [2.45, 2.75) is 31.7 Å². The van der Waals surface area contributed by atoms with Gasteiger partial charge in [0.2, 0.25) is 10.0 Å². The van der Waals surface area contributed by atoms with E-state index >= 15 is 0 Å². The Morgan fingerprint density at radius 3 is 2.45 bits per heavy atom. The summed E-state index contributed by atoms with van der Waals surface area (Å²) in [5.41, 5.74) is 6.20. The first-order chi connectivity index (χ1) is 9.42. The Kier molecular flexibility index (Phi) is 6.26. The summed E-state index contributed by atoms with van der Waals surface area (Å²) in [5.74, 6) is 0.270. The van der Waals surface area contributed by atoms with Gasteiger partial charge < -0.3 is 10.5 Å². The minimum atomic E-state index is -3.64. The third kappa shape index (κ3) is 3.44. The maximum absolute atomic E-state index is 12.7. The van der Waals surface area contributed by atoms with Crippen LogP contribution in [-0.2, 0) is 16.6 Å². The first-order valence-electron chi connectivity index (χ1n) is 6.48. The smallest absolute Gasteiger partial charge is 0.246 e. The van der Waals surface area contributed by atoms with E-state index in [1.165, 1.54) is 17.5 Å². The summed E-state index contributed by atoms with van der Waals surface area (Å²) in [5, 5.41) is 0.331. The van der Waals surface area contributed by atoms with Crippen LogP contribution in [0.3, 0.4) is 0 Å². The van der Waals surface area contributed by atoms with E-state index in [4.69, 9.17) is 22.1 Å². The van der Waals surface area contributed by atoms with Crippen LogP contribution < -0.4 is 10.5 Å². The zero-order chi connectivity index (χ0) is 15.3. The lowest BCUT2D eigenvalue weighted by Crippen LogP contribution is -2.32. The van der Waals surface area contributed by atoms with Crippen molar-refractivity contribution in [3.63, 3.8) is 0 Å². The summed E-state index contributed by atoms with van der Waals surface area (Å²) >= 11 is 5.99. The van der Waals surface area contributed by atoms with Crippen molar-refractivity contribution in [2.24, 2.45) is 5.73 Å². The second-order valence-corrected chi connectivity index (χ2v) is 6.64. The first-order valence-corrected chi connectivity index (χ1v) is 8.30. The highest BCUT2D eigenvalue weighted by molar-refractivity contribution is 7.89. The maximum Gasteiger partial charge on any atom is 0.246 e. The fourth-order valence-corrected chi connectivity index (χ4v) is 4.11. The van der Waals surface area contributed by atoms with E-state index in [1.54, 1.807) is 13.0 Å². The molecule has 0 aliphatic carbocycles. The molecule has 0 spiro atoms. The minimum Gasteiger partial charge on any atom is -0.495 e. The summed E-state index contributed by atoms with van der Waals surface area (Å²) in [7, 11) is -2.21. The van der Waals surface area contributed by atoms with Crippen LogP contribution in [0.15, 0.2) is 17.0 Å². The van der Waals surface area contributed by atoms with Gasteiger partial charge in [0.25, 0.3) is 0 Å². The molecule has 0 heterocycles. The molecular weight excluding hydrogens is 300 g/mol. The Balaban J connectivity index is 3.47. The maximum atomic E-state index is 12.7. The Morgan fingerprint density at radius 2 is 2.00 bits per heavy atom. The van der Waals surface area contributed by atoms with Crippen molar-refractivity contribution in [3.8, 4) is 5.75 Å². The lowest BCUT2D eigenvalue weighted by Gasteiger charge is -2.22. The number of nitrogens with zero attached hydrogens (tertiary/aromatic N) is 1. The predicted octanol–water partition coefficient (Wildman–Crippen LogP) is 2.23. The summed E-state index contributed by atoms with van der Waals surface area (Å²) in [6.45, 7) is 4.73. The van der Waals surface area contributed by atoms with Crippen LogP contribution in [-0.4, -0.2) is 32.9 Å². The average molecular weight is 321 g/mol. The number of halogens is 1. The van der Waals surface area contributed by atoms with Gasteiger partial charge in [0.15, 0.2) is 0 Å². The first kappa shape index (κ1) is 17.2. The molecule has 0 saturated heterocycles. The summed E-state index contributed by atoms with van der Waals surface area (Å²) in [4.78, 5) is 0.0725. The van der Waals surface area contributed by atoms with E-state index in [9.17, 15) is 8.42 Å². The van der Waals surface area contributed by atoms with Gasteiger partial charge in [-0.25, -0.2) is 8.42 Å². The zero-order valence-corrected chi connectivity index (χ0v) is 13.6. The van der Waals surface area contributed by atoms with Gasteiger partial charge in [-0.15, -0.1) is 0 Å². The quantitative estimate of drug-likeness (QED) is 0.836. The van der Waals surface area contributed by atoms with Crippen LogP contribution >= 0.6 is 11.6 Å². The molecule has 0 atom stereocenters. The van der Waals surface area contributed by atoms with Crippen molar-refractivity contribution in [1.82, 2.24) is 4.31 Å². The molecule has 0 aliphatic heterocycles. The van der Waals surface area contributed by atoms with E-state index < -0.39 is 10.0 Å². The molecule has 7 heteroatoms. The molecule has 1 aromatic rings. The van der Waals surface area contributed by atoms with E-state index in [2.05, 4.69) is 0 Å². The van der Waals surface area contributed by atoms with E-state index in [0.717, 1.165) is 6.42 Å². The average Bonchev–Trinajstić information content (AvgIpc) is 2.43. The molecule has 0 unspecified atom stereocenters. The molecule has 0 radical (unpaired) electrons. The molecule has 0 amide bonds. The van der Waals surface area contributed by atoms with Crippen molar-refractivity contribution in [1.29, 1.82) is 0 Å². The predicted molar refractivity (Wildman–Crippen MR) is 80.6 cm³/mol. The third-order valence-corrected chi connectivity index (χ3v) is 5.16. The van der Waals surface area contributed by atoms with Crippen molar-refractivity contribution >= 4 is 21.6 Å². The number of rotatable bonds is 7. The second kappa shape index (κ2) is 7.26. The van der Waals surface area contributed by atoms with Crippen LogP contribution in [0.5, 0.6) is 5.75 Å². The van der Waals surface area contributed by atoms with Crippen LogP contribution in [0.2, 0.25) is 5.02 Å². The number of hydrogen-bond acceptors (Lipinski definition) is 4. The third-order valence-electron chi connectivity index (χ3n) is 2.96. The van der Waals surface area contributed by atoms with E-state index in [1.807, 2.05) is 6.92 Å². The topological polar surface area (TPSA) is 72.6 Å². The summed E-state index contributed by atoms with van der Waals surface area (Å²) < 4.78 is 32.0. The molecule has 0 aromatic heterocycles. The number of ether oxygens (including phenoxy) is 1. The molecule has 2 N–H and O–H groups in total. The normalized spacial score (nSPS) is 11.9. The molecule has 0 bridgehead atoms. The van der Waals surface area contributed by atoms with E-state index in [-0.39, 0.29) is 17.2 Å². The van der Waals surface area contributed by atoms with E-state index in [0.29, 0.717) is 23.7 Å². The Labute approximate surface area is 125 Å². The van der Waals surface area contributed by atoms with Crippen LogP contribution in [0.4, 0.5) is 0 Å². The molecule has 0 saturated carbocycles. The molecular formula is C13H21ClN2O3S. The van der Waals surface area contributed by atoms with Gasteiger partial charge in [-0.3, -0.25) is 0 Å². The summed E-state index contributed by atoms with van der Waals surface area (Å²) in [6.07, 6.45) is 0.736. The van der Waals surface area contributed by atoms with Gasteiger partial charge in [-0.2, -0.15) is 4.31 Å². The second-order valence-electron chi connectivity index (χ2n) is 4.30. The SMILES string of the molecule is CCCN(CC)S(=O)(=O)c1cc(Cl)cc(CN)c1OC. The van der Waals surface area contributed by atoms with Gasteiger partial charge >= 0.3 is 0 Å². The zero-order valence-electron chi connectivity index (χ0n) is 12.0. The van der Waals surface area contributed by atoms with Crippen molar-refractivity contribution in [2.75, 3.05) is 20.2 Å². The summed E-state index contributed by atoms with van der Waals surface area (Å²) in [6, 6.07) is 3.03. The molecule has 1 aromatic carbocycles. The highest BCUT2D eigenvalue weighted by Gasteiger charge is 2.28. The van der Waals surface area contributed by atoms with Gasteiger partial charge in [0.1, 0.15) is 10.6 Å².